The van der Waals surface area contributed by atoms with Crippen molar-refractivity contribution in [2.24, 2.45) is 0 Å². The van der Waals surface area contributed by atoms with E-state index in [4.69, 9.17) is 9.47 Å². The molecule has 98 valence electrons. The molecule has 2 aliphatic heterocycles. The molecule has 3 nitrogen and oxygen atoms in total. The molecule has 1 aromatic rings. The predicted octanol–water partition coefficient (Wildman–Crippen LogP) is 2.47. The van der Waals surface area contributed by atoms with Crippen LogP contribution in [0.15, 0.2) is 17.0 Å². The number of fused-ring (bicyclic) bond motifs is 1. The van der Waals surface area contributed by atoms with E-state index in [9.17, 15) is 0 Å². The molecule has 18 heavy (non-hydrogen) atoms. The van der Waals surface area contributed by atoms with Gasteiger partial charge < -0.3 is 14.8 Å². The first-order valence-corrected chi connectivity index (χ1v) is 7.79. The van der Waals surface area contributed by atoms with E-state index >= 15 is 0 Å². The van der Waals surface area contributed by atoms with Crippen LogP contribution in [0.5, 0.6) is 11.5 Å². The third-order valence-corrected chi connectivity index (χ3v) is 4.39. The molecule has 0 radical (unpaired) electrons. The largest absolute Gasteiger partial charge is 0.486 e. The molecule has 1 saturated heterocycles. The molecule has 0 aromatic heterocycles. The van der Waals surface area contributed by atoms with Gasteiger partial charge >= 0.3 is 0 Å². The summed E-state index contributed by atoms with van der Waals surface area (Å²) in [6.07, 6.45) is 5.79. The minimum Gasteiger partial charge on any atom is -0.486 e. The van der Waals surface area contributed by atoms with Gasteiger partial charge in [0, 0.05) is 10.9 Å². The molecule has 1 fully saturated rings. The van der Waals surface area contributed by atoms with Crippen LogP contribution in [0.2, 0.25) is 0 Å². The Morgan fingerprint density at radius 3 is 2.72 bits per heavy atom. The number of rotatable bonds is 3. The Kier molecular flexibility index (Phi) is 3.66. The Morgan fingerprint density at radius 1 is 1.28 bits per heavy atom. The summed E-state index contributed by atoms with van der Waals surface area (Å²) in [5, 5.41) is 3.56. The summed E-state index contributed by atoms with van der Waals surface area (Å²) in [6.45, 7) is 2.47. The standard InChI is InChI=1S/C14H19NO2S/c1-18-14-9-13-12(16-5-6-17-13)8-10(14)7-11-3-2-4-15-11/h8-9,11,15H,2-7H2,1H3. The van der Waals surface area contributed by atoms with Crippen LogP contribution in [0.4, 0.5) is 0 Å². The maximum atomic E-state index is 5.67. The summed E-state index contributed by atoms with van der Waals surface area (Å²) in [4.78, 5) is 1.31. The number of hydrogen-bond acceptors (Lipinski definition) is 4. The Bertz CT molecular complexity index is 430. The summed E-state index contributed by atoms with van der Waals surface area (Å²) in [6, 6.07) is 4.92. The Hall–Kier alpha value is -0.870. The molecule has 3 rings (SSSR count). The molecule has 1 unspecified atom stereocenters. The van der Waals surface area contributed by atoms with Crippen LogP contribution in [-0.4, -0.2) is 32.1 Å². The molecule has 1 aromatic carbocycles. The average Bonchev–Trinajstić information content (AvgIpc) is 2.91. The van der Waals surface area contributed by atoms with E-state index in [0.717, 1.165) is 24.5 Å². The highest BCUT2D eigenvalue weighted by Gasteiger charge is 2.20. The van der Waals surface area contributed by atoms with Gasteiger partial charge in [0.25, 0.3) is 0 Å². The van der Waals surface area contributed by atoms with Crippen LogP contribution < -0.4 is 14.8 Å². The molecule has 2 aliphatic rings. The molecule has 0 spiro atoms. The van der Waals surface area contributed by atoms with Gasteiger partial charge in [0.05, 0.1) is 0 Å². The number of ether oxygens (including phenoxy) is 2. The van der Waals surface area contributed by atoms with Gasteiger partial charge in [-0.05, 0) is 49.8 Å². The fraction of sp³-hybridized carbons (Fsp3) is 0.571. The molecular weight excluding hydrogens is 246 g/mol. The summed E-state index contributed by atoms with van der Waals surface area (Å²) < 4.78 is 11.3. The zero-order valence-electron chi connectivity index (χ0n) is 10.7. The minimum absolute atomic E-state index is 0.624. The van der Waals surface area contributed by atoms with Crippen molar-refractivity contribution in [2.45, 2.75) is 30.2 Å². The van der Waals surface area contributed by atoms with Crippen LogP contribution >= 0.6 is 11.8 Å². The number of hydrogen-bond donors (Lipinski definition) is 1. The summed E-state index contributed by atoms with van der Waals surface area (Å²) in [5.74, 6) is 1.81. The van der Waals surface area contributed by atoms with Crippen molar-refractivity contribution >= 4 is 11.8 Å². The smallest absolute Gasteiger partial charge is 0.162 e. The van der Waals surface area contributed by atoms with Crippen molar-refractivity contribution in [3.63, 3.8) is 0 Å². The topological polar surface area (TPSA) is 30.5 Å². The van der Waals surface area contributed by atoms with Crippen molar-refractivity contribution < 1.29 is 9.47 Å². The molecule has 1 N–H and O–H groups in total. The zero-order chi connectivity index (χ0) is 12.4. The lowest BCUT2D eigenvalue weighted by atomic mass is 10.0. The van der Waals surface area contributed by atoms with Crippen molar-refractivity contribution in [2.75, 3.05) is 26.0 Å². The maximum Gasteiger partial charge on any atom is 0.162 e. The molecule has 0 aliphatic carbocycles. The van der Waals surface area contributed by atoms with Crippen molar-refractivity contribution in [1.82, 2.24) is 5.32 Å². The second-order valence-electron chi connectivity index (χ2n) is 4.81. The maximum absolute atomic E-state index is 5.67. The van der Waals surface area contributed by atoms with Crippen LogP contribution in [0, 0.1) is 0 Å². The Morgan fingerprint density at radius 2 is 2.06 bits per heavy atom. The average molecular weight is 265 g/mol. The predicted molar refractivity (Wildman–Crippen MR) is 73.9 cm³/mol. The SMILES string of the molecule is CSc1cc2c(cc1CC1CCCN1)OCCO2. The Labute approximate surface area is 112 Å². The van der Waals surface area contributed by atoms with Gasteiger partial charge in [-0.25, -0.2) is 0 Å². The van der Waals surface area contributed by atoms with Gasteiger partial charge in [-0.15, -0.1) is 11.8 Å². The number of benzene rings is 1. The van der Waals surface area contributed by atoms with Gasteiger partial charge in [-0.2, -0.15) is 0 Å². The van der Waals surface area contributed by atoms with Crippen LogP contribution in [0.3, 0.4) is 0 Å². The normalized spacial score (nSPS) is 22.2. The van der Waals surface area contributed by atoms with E-state index in [1.54, 1.807) is 11.8 Å². The first-order valence-electron chi connectivity index (χ1n) is 6.56. The van der Waals surface area contributed by atoms with Gasteiger partial charge in [-0.1, -0.05) is 0 Å². The van der Waals surface area contributed by atoms with Crippen molar-refractivity contribution in [3.05, 3.63) is 17.7 Å². The minimum atomic E-state index is 0.624. The first kappa shape index (κ1) is 12.2. The van der Waals surface area contributed by atoms with E-state index in [0.29, 0.717) is 19.3 Å². The molecule has 0 bridgehead atoms. The molecule has 0 saturated carbocycles. The van der Waals surface area contributed by atoms with Gasteiger partial charge in [-0.3, -0.25) is 0 Å². The quantitative estimate of drug-likeness (QED) is 0.851. The van der Waals surface area contributed by atoms with Crippen molar-refractivity contribution in [1.29, 1.82) is 0 Å². The summed E-state index contributed by atoms with van der Waals surface area (Å²) >= 11 is 1.79. The fourth-order valence-electron chi connectivity index (χ4n) is 2.66. The van der Waals surface area contributed by atoms with Crippen LogP contribution in [0.25, 0.3) is 0 Å². The van der Waals surface area contributed by atoms with E-state index in [-0.39, 0.29) is 0 Å². The number of thioether (sulfide) groups is 1. The lowest BCUT2D eigenvalue weighted by Gasteiger charge is -2.21. The highest BCUT2D eigenvalue weighted by molar-refractivity contribution is 7.98. The van der Waals surface area contributed by atoms with E-state index in [1.165, 1.54) is 23.3 Å². The summed E-state index contributed by atoms with van der Waals surface area (Å²) in [5.41, 5.74) is 1.38. The van der Waals surface area contributed by atoms with E-state index in [2.05, 4.69) is 23.7 Å². The summed E-state index contributed by atoms with van der Waals surface area (Å²) in [7, 11) is 0. The van der Waals surface area contributed by atoms with E-state index in [1.807, 2.05) is 0 Å². The lowest BCUT2D eigenvalue weighted by molar-refractivity contribution is 0.171. The van der Waals surface area contributed by atoms with E-state index < -0.39 is 0 Å². The van der Waals surface area contributed by atoms with Crippen LogP contribution in [0.1, 0.15) is 18.4 Å². The Balaban J connectivity index is 1.86. The van der Waals surface area contributed by atoms with Gasteiger partial charge in [0.2, 0.25) is 0 Å². The molecular formula is C14H19NO2S. The third-order valence-electron chi connectivity index (χ3n) is 3.57. The lowest BCUT2D eigenvalue weighted by Crippen LogP contribution is -2.24. The second-order valence-corrected chi connectivity index (χ2v) is 5.65. The first-order chi connectivity index (χ1) is 8.86. The highest BCUT2D eigenvalue weighted by Crippen LogP contribution is 2.37. The number of nitrogens with one attached hydrogen (secondary N) is 1. The fourth-order valence-corrected chi connectivity index (χ4v) is 3.29. The van der Waals surface area contributed by atoms with Crippen molar-refractivity contribution in [3.8, 4) is 11.5 Å². The molecule has 2 heterocycles. The van der Waals surface area contributed by atoms with Crippen LogP contribution in [-0.2, 0) is 6.42 Å². The highest BCUT2D eigenvalue weighted by atomic mass is 32.2. The van der Waals surface area contributed by atoms with Gasteiger partial charge in [0.15, 0.2) is 11.5 Å². The molecule has 1 atom stereocenters. The molecule has 0 amide bonds. The molecule has 4 heteroatoms. The monoisotopic (exact) mass is 265 g/mol. The van der Waals surface area contributed by atoms with Gasteiger partial charge in [0.1, 0.15) is 13.2 Å². The zero-order valence-corrected chi connectivity index (χ0v) is 11.5. The second kappa shape index (κ2) is 5.41. The third kappa shape index (κ3) is 2.45.